The highest BCUT2D eigenvalue weighted by Crippen LogP contribution is 2.32. The van der Waals surface area contributed by atoms with E-state index in [-0.39, 0.29) is 11.6 Å². The first kappa shape index (κ1) is 16.8. The van der Waals surface area contributed by atoms with Gasteiger partial charge in [-0.3, -0.25) is 4.79 Å². The molecule has 0 spiro atoms. The molecular formula is C20H17N5O2. The average Bonchev–Trinajstić information content (AvgIpc) is 3.08. The van der Waals surface area contributed by atoms with Gasteiger partial charge in [-0.15, -0.1) is 0 Å². The highest BCUT2D eigenvalue weighted by molar-refractivity contribution is 5.91. The minimum Gasteiger partial charge on any atom is -0.491 e. The maximum atomic E-state index is 11.5. The van der Waals surface area contributed by atoms with Crippen LogP contribution in [0.4, 0.5) is 0 Å². The van der Waals surface area contributed by atoms with Gasteiger partial charge in [0.05, 0.1) is 18.7 Å². The van der Waals surface area contributed by atoms with Crippen molar-refractivity contribution in [2.24, 2.45) is 5.73 Å². The Bertz CT molecular complexity index is 1060. The molecule has 0 unspecified atom stereocenters. The maximum absolute atomic E-state index is 11.5. The van der Waals surface area contributed by atoms with Crippen LogP contribution < -0.4 is 10.5 Å². The molecular weight excluding hydrogens is 342 g/mol. The van der Waals surface area contributed by atoms with Crippen LogP contribution >= 0.6 is 0 Å². The molecule has 4 rings (SSSR count). The fourth-order valence-electron chi connectivity index (χ4n) is 2.89. The molecule has 2 aromatic heterocycles. The topological polar surface area (TPSA) is 95.9 Å². The molecule has 0 bridgehead atoms. The molecule has 0 saturated heterocycles. The van der Waals surface area contributed by atoms with Crippen LogP contribution in [0.25, 0.3) is 5.69 Å². The van der Waals surface area contributed by atoms with Crippen molar-refractivity contribution in [3.8, 4) is 23.3 Å². The molecule has 3 heterocycles. The number of amides is 1. The molecule has 0 fully saturated rings. The van der Waals surface area contributed by atoms with Crippen molar-refractivity contribution in [1.82, 2.24) is 19.7 Å². The lowest BCUT2D eigenvalue weighted by atomic mass is 10.1. The van der Waals surface area contributed by atoms with E-state index in [0.29, 0.717) is 24.6 Å². The quantitative estimate of drug-likeness (QED) is 0.705. The molecule has 0 saturated carbocycles. The molecule has 1 atom stereocenters. The second-order valence-corrected chi connectivity index (χ2v) is 6.27. The van der Waals surface area contributed by atoms with E-state index in [1.54, 1.807) is 29.2 Å². The summed E-state index contributed by atoms with van der Waals surface area (Å²) < 4.78 is 7.61. The standard InChI is InChI=1S/C20H17N5O2/c1-13-12-27-18-7-6-14(4-2-5-19-22-8-3-9-23-19)10-17(18)25-16(13)11-15(24-25)20(21)26/h3,6-11,13H,5,12H2,1H3,(H2,21,26)/t13-/m1/s1. The maximum Gasteiger partial charge on any atom is 0.269 e. The van der Waals surface area contributed by atoms with Crippen LogP contribution in [0, 0.1) is 11.8 Å². The second kappa shape index (κ2) is 6.92. The molecule has 1 aliphatic rings. The number of carbonyl (C=O) groups is 1. The molecule has 27 heavy (non-hydrogen) atoms. The summed E-state index contributed by atoms with van der Waals surface area (Å²) in [4.78, 5) is 19.9. The molecule has 7 nitrogen and oxygen atoms in total. The van der Waals surface area contributed by atoms with Gasteiger partial charge in [-0.25, -0.2) is 14.6 Å². The van der Waals surface area contributed by atoms with Gasteiger partial charge < -0.3 is 10.5 Å². The number of primary amides is 1. The van der Waals surface area contributed by atoms with Crippen LogP contribution in [0.2, 0.25) is 0 Å². The lowest BCUT2D eigenvalue weighted by Crippen LogP contribution is -2.12. The fraction of sp³-hybridized carbons (Fsp3) is 0.200. The molecule has 2 N–H and O–H groups in total. The van der Waals surface area contributed by atoms with E-state index in [0.717, 1.165) is 16.9 Å². The van der Waals surface area contributed by atoms with E-state index >= 15 is 0 Å². The summed E-state index contributed by atoms with van der Waals surface area (Å²) in [6.07, 6.45) is 3.85. The second-order valence-electron chi connectivity index (χ2n) is 6.27. The normalized spacial score (nSPS) is 14.8. The summed E-state index contributed by atoms with van der Waals surface area (Å²) in [7, 11) is 0. The van der Waals surface area contributed by atoms with E-state index in [1.165, 1.54) is 0 Å². The van der Waals surface area contributed by atoms with Crippen LogP contribution in [0.5, 0.6) is 5.75 Å². The van der Waals surface area contributed by atoms with Crippen molar-refractivity contribution in [3.05, 3.63) is 65.5 Å². The zero-order valence-corrected chi connectivity index (χ0v) is 14.7. The van der Waals surface area contributed by atoms with Crippen LogP contribution in [-0.2, 0) is 6.42 Å². The third-order valence-electron chi connectivity index (χ3n) is 4.27. The first-order valence-corrected chi connectivity index (χ1v) is 8.53. The van der Waals surface area contributed by atoms with Gasteiger partial charge in [-0.2, -0.15) is 5.10 Å². The minimum atomic E-state index is -0.552. The Balaban J connectivity index is 1.70. The van der Waals surface area contributed by atoms with E-state index in [1.807, 2.05) is 25.1 Å². The Hall–Kier alpha value is -3.66. The van der Waals surface area contributed by atoms with Crippen molar-refractivity contribution >= 4 is 5.91 Å². The molecule has 134 valence electrons. The van der Waals surface area contributed by atoms with Crippen molar-refractivity contribution in [2.45, 2.75) is 19.3 Å². The Kier molecular flexibility index (Phi) is 4.30. The number of nitrogens with two attached hydrogens (primary N) is 1. The van der Waals surface area contributed by atoms with Crippen molar-refractivity contribution in [1.29, 1.82) is 0 Å². The summed E-state index contributed by atoms with van der Waals surface area (Å²) in [6.45, 7) is 2.51. The lowest BCUT2D eigenvalue weighted by molar-refractivity contribution is 0.0995. The van der Waals surface area contributed by atoms with Gasteiger partial charge in [0.15, 0.2) is 5.69 Å². The van der Waals surface area contributed by atoms with Gasteiger partial charge in [0.2, 0.25) is 0 Å². The number of hydrogen-bond donors (Lipinski definition) is 1. The van der Waals surface area contributed by atoms with E-state index < -0.39 is 5.91 Å². The molecule has 3 aromatic rings. The Labute approximate surface area is 156 Å². The van der Waals surface area contributed by atoms with Gasteiger partial charge >= 0.3 is 0 Å². The zero-order chi connectivity index (χ0) is 18.8. The van der Waals surface area contributed by atoms with E-state index in [9.17, 15) is 4.79 Å². The number of hydrogen-bond acceptors (Lipinski definition) is 5. The summed E-state index contributed by atoms with van der Waals surface area (Å²) in [5.74, 6) is 7.08. The Morgan fingerprint density at radius 1 is 1.33 bits per heavy atom. The fourth-order valence-corrected chi connectivity index (χ4v) is 2.89. The van der Waals surface area contributed by atoms with Gasteiger partial charge in [-0.1, -0.05) is 18.8 Å². The number of carbonyl (C=O) groups excluding carboxylic acids is 1. The molecule has 1 aliphatic heterocycles. The molecule has 1 aromatic carbocycles. The number of aromatic nitrogens is 4. The molecule has 0 aliphatic carbocycles. The van der Waals surface area contributed by atoms with Crippen LogP contribution in [-0.4, -0.2) is 32.3 Å². The van der Waals surface area contributed by atoms with Crippen LogP contribution in [0.1, 0.15) is 40.4 Å². The number of rotatable bonds is 2. The first-order valence-electron chi connectivity index (χ1n) is 8.53. The third-order valence-corrected chi connectivity index (χ3v) is 4.27. The van der Waals surface area contributed by atoms with E-state index in [2.05, 4.69) is 26.9 Å². The summed E-state index contributed by atoms with van der Waals surface area (Å²) in [5.41, 5.74) is 8.07. The number of fused-ring (bicyclic) bond motifs is 3. The first-order chi connectivity index (χ1) is 13.1. The van der Waals surface area contributed by atoms with E-state index in [4.69, 9.17) is 10.5 Å². The number of nitrogens with zero attached hydrogens (tertiary/aromatic N) is 4. The minimum absolute atomic E-state index is 0.0720. The van der Waals surface area contributed by atoms with Gasteiger partial charge in [0.1, 0.15) is 17.3 Å². The van der Waals surface area contributed by atoms with Crippen molar-refractivity contribution < 1.29 is 9.53 Å². The Morgan fingerprint density at radius 3 is 2.93 bits per heavy atom. The number of ether oxygens (including phenoxy) is 1. The number of benzene rings is 1. The lowest BCUT2D eigenvalue weighted by Gasteiger charge is -2.08. The highest BCUT2D eigenvalue weighted by atomic mass is 16.5. The van der Waals surface area contributed by atoms with Crippen molar-refractivity contribution in [3.63, 3.8) is 0 Å². The van der Waals surface area contributed by atoms with Gasteiger partial charge in [0, 0.05) is 23.9 Å². The highest BCUT2D eigenvalue weighted by Gasteiger charge is 2.24. The average molecular weight is 359 g/mol. The van der Waals surface area contributed by atoms with Gasteiger partial charge in [0.25, 0.3) is 5.91 Å². The molecule has 1 amide bonds. The Morgan fingerprint density at radius 2 is 2.15 bits per heavy atom. The summed E-state index contributed by atoms with van der Waals surface area (Å²) in [5, 5.41) is 4.36. The summed E-state index contributed by atoms with van der Waals surface area (Å²) in [6, 6.07) is 9.15. The largest absolute Gasteiger partial charge is 0.491 e. The van der Waals surface area contributed by atoms with Crippen LogP contribution in [0.15, 0.2) is 42.7 Å². The smallest absolute Gasteiger partial charge is 0.269 e. The molecule has 0 radical (unpaired) electrons. The SMILES string of the molecule is C[C@@H]1COc2ccc(C#CCc3ncccn3)cc2-n2nc(C(N)=O)cc21. The predicted molar refractivity (Wildman–Crippen MR) is 98.6 cm³/mol. The monoisotopic (exact) mass is 359 g/mol. The third kappa shape index (κ3) is 3.37. The predicted octanol–water partition coefficient (Wildman–Crippen LogP) is 1.85. The molecule has 7 heteroatoms. The van der Waals surface area contributed by atoms with Crippen LogP contribution in [0.3, 0.4) is 0 Å². The van der Waals surface area contributed by atoms with Crippen molar-refractivity contribution in [2.75, 3.05) is 6.61 Å². The van der Waals surface area contributed by atoms with Gasteiger partial charge in [-0.05, 0) is 30.3 Å². The summed E-state index contributed by atoms with van der Waals surface area (Å²) >= 11 is 0. The zero-order valence-electron chi connectivity index (χ0n) is 14.7.